The van der Waals surface area contributed by atoms with Crippen molar-refractivity contribution in [3.63, 3.8) is 0 Å². The maximum Gasteiger partial charge on any atom is 0.229 e. The molecule has 1 atom stereocenters. The molecule has 23 heavy (non-hydrogen) atoms. The van der Waals surface area contributed by atoms with E-state index in [1.165, 1.54) is 6.07 Å². The highest BCUT2D eigenvalue weighted by molar-refractivity contribution is 6.30. The molecular formula is C18H17ClFNO2. The summed E-state index contributed by atoms with van der Waals surface area (Å²) < 4.78 is 19.4. The van der Waals surface area contributed by atoms with Crippen molar-refractivity contribution in [3.05, 3.63) is 64.4 Å². The molecule has 0 aromatic heterocycles. The predicted molar refractivity (Wildman–Crippen MR) is 87.0 cm³/mol. The number of ether oxygens (including phenoxy) is 1. The van der Waals surface area contributed by atoms with Crippen LogP contribution in [0.4, 0.5) is 4.39 Å². The van der Waals surface area contributed by atoms with Crippen molar-refractivity contribution in [1.29, 1.82) is 0 Å². The number of amides is 1. The van der Waals surface area contributed by atoms with E-state index in [0.29, 0.717) is 23.6 Å². The standard InChI is InChI=1S/C18H17ClFNO2/c1-21(10-12-4-2-3-5-16(12)20)18(22)14-8-13-9-15(19)6-7-17(13)23-11-14/h2-7,9,14H,8,10-11H2,1H3/t14-/m0/s1. The first-order chi connectivity index (χ1) is 11.0. The van der Waals surface area contributed by atoms with Gasteiger partial charge in [-0.1, -0.05) is 29.8 Å². The van der Waals surface area contributed by atoms with Crippen LogP contribution in [0.1, 0.15) is 11.1 Å². The van der Waals surface area contributed by atoms with Crippen LogP contribution in [0.3, 0.4) is 0 Å². The third-order valence-corrected chi connectivity index (χ3v) is 4.25. The van der Waals surface area contributed by atoms with E-state index in [4.69, 9.17) is 16.3 Å². The number of fused-ring (bicyclic) bond motifs is 1. The average molecular weight is 334 g/mol. The summed E-state index contributed by atoms with van der Waals surface area (Å²) in [5, 5.41) is 0.625. The number of carbonyl (C=O) groups is 1. The Balaban J connectivity index is 1.70. The average Bonchev–Trinajstić information content (AvgIpc) is 2.55. The van der Waals surface area contributed by atoms with Gasteiger partial charge in [0.2, 0.25) is 5.91 Å². The topological polar surface area (TPSA) is 29.5 Å². The second-order valence-corrected chi connectivity index (χ2v) is 6.19. The zero-order valence-corrected chi connectivity index (χ0v) is 13.5. The van der Waals surface area contributed by atoms with E-state index in [-0.39, 0.29) is 24.2 Å². The molecule has 0 saturated carbocycles. The van der Waals surface area contributed by atoms with E-state index < -0.39 is 0 Å². The van der Waals surface area contributed by atoms with E-state index >= 15 is 0 Å². The van der Waals surface area contributed by atoms with Gasteiger partial charge in [-0.2, -0.15) is 0 Å². The van der Waals surface area contributed by atoms with Crippen molar-refractivity contribution in [1.82, 2.24) is 4.90 Å². The van der Waals surface area contributed by atoms with Crippen LogP contribution in [0.15, 0.2) is 42.5 Å². The molecule has 0 aliphatic carbocycles. The van der Waals surface area contributed by atoms with Crippen molar-refractivity contribution >= 4 is 17.5 Å². The third-order valence-electron chi connectivity index (χ3n) is 4.02. The molecular weight excluding hydrogens is 317 g/mol. The van der Waals surface area contributed by atoms with Crippen molar-refractivity contribution in [2.45, 2.75) is 13.0 Å². The minimum atomic E-state index is -0.302. The van der Waals surface area contributed by atoms with Gasteiger partial charge in [0.1, 0.15) is 18.2 Å². The van der Waals surface area contributed by atoms with Gasteiger partial charge < -0.3 is 9.64 Å². The fourth-order valence-corrected chi connectivity index (χ4v) is 2.99. The number of halogens is 2. The van der Waals surface area contributed by atoms with Gasteiger partial charge in [-0.25, -0.2) is 4.39 Å². The molecule has 3 nitrogen and oxygen atoms in total. The first-order valence-corrected chi connectivity index (χ1v) is 7.82. The number of rotatable bonds is 3. The largest absolute Gasteiger partial charge is 0.492 e. The van der Waals surface area contributed by atoms with Gasteiger partial charge in [0.15, 0.2) is 0 Å². The molecule has 0 saturated heterocycles. The Kier molecular flexibility index (Phi) is 4.53. The first kappa shape index (κ1) is 15.8. The van der Waals surface area contributed by atoms with Crippen LogP contribution in [-0.4, -0.2) is 24.5 Å². The van der Waals surface area contributed by atoms with Crippen molar-refractivity contribution < 1.29 is 13.9 Å². The molecule has 2 aromatic rings. The monoisotopic (exact) mass is 333 g/mol. The van der Waals surface area contributed by atoms with Gasteiger partial charge in [0.25, 0.3) is 0 Å². The lowest BCUT2D eigenvalue weighted by Gasteiger charge is -2.28. The van der Waals surface area contributed by atoms with E-state index in [1.807, 2.05) is 12.1 Å². The van der Waals surface area contributed by atoms with Crippen LogP contribution in [0, 0.1) is 11.7 Å². The summed E-state index contributed by atoms with van der Waals surface area (Å²) in [5.41, 5.74) is 1.44. The molecule has 0 spiro atoms. The molecule has 0 unspecified atom stereocenters. The Morgan fingerprint density at radius 1 is 1.35 bits per heavy atom. The molecule has 0 radical (unpaired) electrons. The molecule has 0 bridgehead atoms. The van der Waals surface area contributed by atoms with E-state index in [9.17, 15) is 9.18 Å². The van der Waals surface area contributed by atoms with Crippen molar-refractivity contribution in [2.24, 2.45) is 5.92 Å². The Morgan fingerprint density at radius 2 is 2.13 bits per heavy atom. The molecule has 0 N–H and O–H groups in total. The second kappa shape index (κ2) is 6.59. The van der Waals surface area contributed by atoms with Crippen molar-refractivity contribution in [3.8, 4) is 5.75 Å². The minimum absolute atomic E-state index is 0.0566. The van der Waals surface area contributed by atoms with Gasteiger partial charge in [-0.3, -0.25) is 4.79 Å². The molecule has 0 fully saturated rings. The highest BCUT2D eigenvalue weighted by Gasteiger charge is 2.28. The van der Waals surface area contributed by atoms with Gasteiger partial charge in [-0.15, -0.1) is 0 Å². The molecule has 2 aromatic carbocycles. The summed E-state index contributed by atoms with van der Waals surface area (Å²) in [5.74, 6) is 0.135. The number of carbonyl (C=O) groups excluding carboxylic acids is 1. The van der Waals surface area contributed by atoms with E-state index in [2.05, 4.69) is 0 Å². The summed E-state index contributed by atoms with van der Waals surface area (Å²) in [6.45, 7) is 0.569. The molecule has 1 aliphatic heterocycles. The van der Waals surface area contributed by atoms with Gasteiger partial charge in [0.05, 0.1) is 5.92 Å². The maximum absolute atomic E-state index is 13.7. The van der Waals surface area contributed by atoms with Gasteiger partial charge in [-0.05, 0) is 36.2 Å². The highest BCUT2D eigenvalue weighted by atomic mass is 35.5. The number of benzene rings is 2. The molecule has 1 heterocycles. The predicted octanol–water partition coefficient (Wildman–Crippen LogP) is 3.69. The first-order valence-electron chi connectivity index (χ1n) is 7.44. The molecule has 3 rings (SSSR count). The maximum atomic E-state index is 13.7. The lowest BCUT2D eigenvalue weighted by atomic mass is 9.95. The summed E-state index contributed by atoms with van der Waals surface area (Å²) in [6.07, 6.45) is 0.580. The number of nitrogens with zero attached hydrogens (tertiary/aromatic N) is 1. The van der Waals surface area contributed by atoms with Crippen molar-refractivity contribution in [2.75, 3.05) is 13.7 Å². The number of hydrogen-bond donors (Lipinski definition) is 0. The summed E-state index contributed by atoms with van der Waals surface area (Å²) in [4.78, 5) is 14.1. The quantitative estimate of drug-likeness (QED) is 0.857. The SMILES string of the molecule is CN(Cc1ccccc1F)C(=O)[C@@H]1COc2ccc(Cl)cc2C1. The fourth-order valence-electron chi connectivity index (χ4n) is 2.79. The Morgan fingerprint density at radius 3 is 2.91 bits per heavy atom. The highest BCUT2D eigenvalue weighted by Crippen LogP contribution is 2.30. The van der Waals surface area contributed by atoms with Gasteiger partial charge in [0, 0.05) is 24.2 Å². The summed E-state index contributed by atoms with van der Waals surface area (Å²) >= 11 is 6.00. The smallest absolute Gasteiger partial charge is 0.229 e. The van der Waals surface area contributed by atoms with E-state index in [0.717, 1.165) is 11.3 Å². The van der Waals surface area contributed by atoms with Crippen LogP contribution in [-0.2, 0) is 17.8 Å². The number of hydrogen-bond acceptors (Lipinski definition) is 2. The lowest BCUT2D eigenvalue weighted by molar-refractivity contribution is -0.136. The Labute approximate surface area is 139 Å². The molecule has 1 aliphatic rings. The Bertz CT molecular complexity index is 735. The van der Waals surface area contributed by atoms with Crippen LogP contribution in [0.2, 0.25) is 5.02 Å². The van der Waals surface area contributed by atoms with Crippen LogP contribution >= 0.6 is 11.6 Å². The third kappa shape index (κ3) is 3.48. The zero-order valence-electron chi connectivity index (χ0n) is 12.8. The molecule has 5 heteroatoms. The molecule has 1 amide bonds. The minimum Gasteiger partial charge on any atom is -0.492 e. The van der Waals surface area contributed by atoms with Crippen LogP contribution in [0.25, 0.3) is 0 Å². The Hall–Kier alpha value is -2.07. The van der Waals surface area contributed by atoms with Crippen LogP contribution < -0.4 is 4.74 Å². The van der Waals surface area contributed by atoms with Gasteiger partial charge >= 0.3 is 0 Å². The second-order valence-electron chi connectivity index (χ2n) is 5.75. The fraction of sp³-hybridized carbons (Fsp3) is 0.278. The van der Waals surface area contributed by atoms with Crippen LogP contribution in [0.5, 0.6) is 5.75 Å². The lowest BCUT2D eigenvalue weighted by Crippen LogP contribution is -2.38. The normalized spacial score (nSPS) is 16.4. The van der Waals surface area contributed by atoms with E-state index in [1.54, 1.807) is 36.2 Å². The molecule has 120 valence electrons. The summed E-state index contributed by atoms with van der Waals surface area (Å²) in [7, 11) is 1.68. The summed E-state index contributed by atoms with van der Waals surface area (Å²) in [6, 6.07) is 11.9. The zero-order chi connectivity index (χ0) is 16.4.